The minimum Gasteiger partial charge on any atom is -0.359 e. The minimum absolute atomic E-state index is 0.131. The first-order valence-electron chi connectivity index (χ1n) is 7.34. The van der Waals surface area contributed by atoms with Gasteiger partial charge < -0.3 is 10.6 Å². The maximum absolute atomic E-state index is 13.3. The summed E-state index contributed by atoms with van der Waals surface area (Å²) in [5.41, 5.74) is 1.60. The molecule has 0 fully saturated rings. The Balaban J connectivity index is 2.21. The van der Waals surface area contributed by atoms with E-state index in [0.29, 0.717) is 11.1 Å². The summed E-state index contributed by atoms with van der Waals surface area (Å²) in [6, 6.07) is 13.0. The normalized spacial score (nSPS) is 11.6. The van der Waals surface area contributed by atoms with Crippen molar-refractivity contribution in [3.05, 3.63) is 71.0 Å². The molecule has 0 heterocycles. The van der Waals surface area contributed by atoms with Crippen molar-refractivity contribution in [2.24, 2.45) is 0 Å². The number of hydrogen-bond donors (Lipinski definition) is 2. The molecule has 0 bridgehead atoms. The molecule has 4 nitrogen and oxygen atoms in total. The molecule has 0 spiro atoms. The van der Waals surface area contributed by atoms with Crippen LogP contribution in [0.4, 0.5) is 4.39 Å². The van der Waals surface area contributed by atoms with Crippen molar-refractivity contribution in [1.29, 1.82) is 0 Å². The van der Waals surface area contributed by atoms with Gasteiger partial charge in [-0.25, -0.2) is 4.39 Å². The number of benzene rings is 2. The van der Waals surface area contributed by atoms with Crippen molar-refractivity contribution in [3.8, 4) is 0 Å². The summed E-state index contributed by atoms with van der Waals surface area (Å²) >= 11 is 0. The van der Waals surface area contributed by atoms with Gasteiger partial charge in [0.05, 0.1) is 12.5 Å². The van der Waals surface area contributed by atoms with E-state index in [4.69, 9.17) is 0 Å². The number of nitrogens with one attached hydrogen (secondary N) is 2. The highest BCUT2D eigenvalue weighted by Crippen LogP contribution is 2.18. The Morgan fingerprint density at radius 1 is 1.13 bits per heavy atom. The molecule has 0 aliphatic heterocycles. The first kappa shape index (κ1) is 16.7. The predicted octanol–water partition coefficient (Wildman–Crippen LogP) is 2.74. The lowest BCUT2D eigenvalue weighted by Crippen LogP contribution is -2.32. The summed E-state index contributed by atoms with van der Waals surface area (Å²) in [7, 11) is 1.55. The van der Waals surface area contributed by atoms with Gasteiger partial charge in [0, 0.05) is 12.6 Å². The van der Waals surface area contributed by atoms with Crippen LogP contribution in [0.3, 0.4) is 0 Å². The largest absolute Gasteiger partial charge is 0.359 e. The van der Waals surface area contributed by atoms with Gasteiger partial charge in [0.2, 0.25) is 5.91 Å². The van der Waals surface area contributed by atoms with Crippen LogP contribution in [-0.4, -0.2) is 18.9 Å². The first-order chi connectivity index (χ1) is 11.0. The molecule has 2 aromatic carbocycles. The second-order valence-corrected chi connectivity index (χ2v) is 5.28. The molecule has 2 rings (SSSR count). The average Bonchev–Trinajstić information content (AvgIpc) is 2.57. The van der Waals surface area contributed by atoms with Crippen molar-refractivity contribution in [2.45, 2.75) is 19.4 Å². The number of rotatable bonds is 5. The molecule has 2 aromatic rings. The van der Waals surface area contributed by atoms with Crippen LogP contribution in [0.5, 0.6) is 0 Å². The Hall–Kier alpha value is -2.69. The molecular formula is C18H19FN2O2. The number of hydrogen-bond acceptors (Lipinski definition) is 2. The van der Waals surface area contributed by atoms with E-state index >= 15 is 0 Å². The quantitative estimate of drug-likeness (QED) is 0.891. The summed E-state index contributed by atoms with van der Waals surface area (Å²) in [5, 5.41) is 5.39. The number of halogens is 1. The third-order valence-corrected chi connectivity index (χ3v) is 3.60. The van der Waals surface area contributed by atoms with E-state index in [9.17, 15) is 14.0 Å². The van der Waals surface area contributed by atoms with Gasteiger partial charge in [0.15, 0.2) is 0 Å². The van der Waals surface area contributed by atoms with E-state index in [2.05, 4.69) is 10.6 Å². The highest BCUT2D eigenvalue weighted by atomic mass is 19.1. The van der Waals surface area contributed by atoms with Crippen LogP contribution in [0, 0.1) is 12.7 Å². The number of aryl methyl sites for hydroxylation is 1. The first-order valence-corrected chi connectivity index (χ1v) is 7.34. The summed E-state index contributed by atoms with van der Waals surface area (Å²) in [6.45, 7) is 1.60. The molecule has 5 heteroatoms. The van der Waals surface area contributed by atoms with E-state index < -0.39 is 6.04 Å². The Labute approximate surface area is 134 Å². The topological polar surface area (TPSA) is 58.2 Å². The van der Waals surface area contributed by atoms with E-state index in [1.165, 1.54) is 18.2 Å². The maximum Gasteiger partial charge on any atom is 0.251 e. The van der Waals surface area contributed by atoms with Gasteiger partial charge in [-0.15, -0.1) is 0 Å². The van der Waals surface area contributed by atoms with Crippen molar-refractivity contribution in [2.75, 3.05) is 7.05 Å². The zero-order chi connectivity index (χ0) is 16.8. The molecule has 1 unspecified atom stereocenters. The van der Waals surface area contributed by atoms with E-state index in [-0.39, 0.29) is 24.1 Å². The highest BCUT2D eigenvalue weighted by Gasteiger charge is 2.19. The molecule has 2 N–H and O–H groups in total. The molecule has 0 aliphatic rings. The molecule has 0 saturated heterocycles. The molecule has 0 aromatic heterocycles. The summed E-state index contributed by atoms with van der Waals surface area (Å²) in [6.07, 6.45) is 0.131. The fourth-order valence-electron chi connectivity index (χ4n) is 2.25. The van der Waals surface area contributed by atoms with Crippen LogP contribution in [0.25, 0.3) is 0 Å². The van der Waals surface area contributed by atoms with Crippen molar-refractivity contribution >= 4 is 11.8 Å². The second kappa shape index (κ2) is 7.54. The van der Waals surface area contributed by atoms with Crippen molar-refractivity contribution < 1.29 is 14.0 Å². The minimum atomic E-state index is -0.450. The fraction of sp³-hybridized carbons (Fsp3) is 0.222. The van der Waals surface area contributed by atoms with E-state index in [0.717, 1.165) is 5.56 Å². The van der Waals surface area contributed by atoms with E-state index in [1.807, 2.05) is 30.3 Å². The monoisotopic (exact) mass is 314 g/mol. The number of carbonyl (C=O) groups excluding carboxylic acids is 2. The fourth-order valence-corrected chi connectivity index (χ4v) is 2.25. The third-order valence-electron chi connectivity index (χ3n) is 3.60. The molecule has 23 heavy (non-hydrogen) atoms. The van der Waals surface area contributed by atoms with Crippen molar-refractivity contribution in [1.82, 2.24) is 10.6 Å². The maximum atomic E-state index is 13.3. The van der Waals surface area contributed by atoms with Crippen LogP contribution >= 0.6 is 0 Å². The lowest BCUT2D eigenvalue weighted by atomic mass is 10.0. The zero-order valence-corrected chi connectivity index (χ0v) is 13.1. The molecule has 2 amide bonds. The van der Waals surface area contributed by atoms with Gasteiger partial charge in [-0.3, -0.25) is 9.59 Å². The van der Waals surface area contributed by atoms with Gasteiger partial charge in [-0.05, 0) is 36.2 Å². The van der Waals surface area contributed by atoms with Crippen LogP contribution in [0.2, 0.25) is 0 Å². The summed E-state index contributed by atoms with van der Waals surface area (Å²) in [4.78, 5) is 24.1. The summed E-state index contributed by atoms with van der Waals surface area (Å²) in [5.74, 6) is -0.869. The highest BCUT2D eigenvalue weighted by molar-refractivity contribution is 5.95. The van der Waals surface area contributed by atoms with Crippen LogP contribution in [0.1, 0.15) is 33.9 Å². The Kier molecular flexibility index (Phi) is 5.46. The molecule has 1 atom stereocenters. The molecule has 120 valence electrons. The Morgan fingerprint density at radius 3 is 2.43 bits per heavy atom. The zero-order valence-electron chi connectivity index (χ0n) is 13.1. The predicted molar refractivity (Wildman–Crippen MR) is 86.5 cm³/mol. The third kappa shape index (κ3) is 4.39. The van der Waals surface area contributed by atoms with Crippen LogP contribution < -0.4 is 10.6 Å². The van der Waals surface area contributed by atoms with E-state index in [1.54, 1.807) is 14.0 Å². The average molecular weight is 314 g/mol. The number of carbonyl (C=O) groups is 2. The molecular weight excluding hydrogens is 295 g/mol. The van der Waals surface area contributed by atoms with Gasteiger partial charge in [0.1, 0.15) is 5.82 Å². The van der Waals surface area contributed by atoms with Crippen LogP contribution in [-0.2, 0) is 4.79 Å². The van der Waals surface area contributed by atoms with Gasteiger partial charge in [0.25, 0.3) is 5.91 Å². The Morgan fingerprint density at radius 2 is 1.83 bits per heavy atom. The second-order valence-electron chi connectivity index (χ2n) is 5.28. The molecule has 0 saturated carbocycles. The molecule has 0 aliphatic carbocycles. The van der Waals surface area contributed by atoms with Gasteiger partial charge in [-0.2, -0.15) is 0 Å². The standard InChI is InChI=1S/C18H19FN2O2/c1-12-10-14(8-9-15(12)19)18(23)21-16(11-17(22)20-2)13-6-4-3-5-7-13/h3-10,16H,11H2,1-2H3,(H,20,22)(H,21,23). The van der Waals surface area contributed by atoms with Crippen molar-refractivity contribution in [3.63, 3.8) is 0 Å². The smallest absolute Gasteiger partial charge is 0.251 e. The molecule has 0 radical (unpaired) electrons. The SMILES string of the molecule is CNC(=O)CC(NC(=O)c1ccc(F)c(C)c1)c1ccccc1. The summed E-state index contributed by atoms with van der Waals surface area (Å²) < 4.78 is 13.3. The lowest BCUT2D eigenvalue weighted by Gasteiger charge is -2.19. The number of amides is 2. The van der Waals surface area contributed by atoms with Crippen LogP contribution in [0.15, 0.2) is 48.5 Å². The lowest BCUT2D eigenvalue weighted by molar-refractivity contribution is -0.121. The van der Waals surface area contributed by atoms with Gasteiger partial charge in [-0.1, -0.05) is 30.3 Å². The Bertz CT molecular complexity index is 701. The van der Waals surface area contributed by atoms with Gasteiger partial charge >= 0.3 is 0 Å².